The molecule has 2 aromatic heterocycles. The molecule has 5 rings (SSSR count). The summed E-state index contributed by atoms with van der Waals surface area (Å²) in [5.74, 6) is 1.34. The lowest BCUT2D eigenvalue weighted by Crippen LogP contribution is -2.13. The number of ether oxygens (including phenoxy) is 2. The van der Waals surface area contributed by atoms with Crippen LogP contribution in [-0.2, 0) is 0 Å². The zero-order chi connectivity index (χ0) is 15.4. The first-order valence-electron chi connectivity index (χ1n) is 7.20. The minimum Gasteiger partial charge on any atom is -0.454 e. The maximum atomic E-state index is 12.6. The number of H-pyrrole nitrogens is 1. The Labute approximate surface area is 129 Å². The van der Waals surface area contributed by atoms with Gasteiger partial charge < -0.3 is 9.47 Å². The average Bonchev–Trinajstić information content (AvgIpc) is 3.18. The van der Waals surface area contributed by atoms with Crippen LogP contribution in [0.5, 0.6) is 11.5 Å². The van der Waals surface area contributed by atoms with Gasteiger partial charge in [0.25, 0.3) is 5.56 Å². The molecule has 2 aromatic carbocycles. The highest BCUT2D eigenvalue weighted by atomic mass is 16.7. The van der Waals surface area contributed by atoms with Gasteiger partial charge in [0, 0.05) is 17.6 Å². The van der Waals surface area contributed by atoms with Crippen LogP contribution in [0.3, 0.4) is 0 Å². The standard InChI is InChI=1S/C17H11N3O3/c21-17-12-8-18-13-7-15-14(22-9-23-15)6-11(13)16(12)19-20(17)10-4-2-1-3-5-10/h1-8,19H,9H2. The Kier molecular flexibility index (Phi) is 2.33. The van der Waals surface area contributed by atoms with Crippen LogP contribution in [0.1, 0.15) is 0 Å². The molecule has 0 spiro atoms. The Balaban J connectivity index is 1.86. The molecule has 1 aliphatic heterocycles. The number of hydrogen-bond donors (Lipinski definition) is 1. The molecule has 1 N–H and O–H groups in total. The molecule has 3 heterocycles. The molecule has 112 valence electrons. The summed E-state index contributed by atoms with van der Waals surface area (Å²) in [5, 5.41) is 4.56. The summed E-state index contributed by atoms with van der Waals surface area (Å²) in [4.78, 5) is 17.0. The van der Waals surface area contributed by atoms with E-state index in [2.05, 4.69) is 10.1 Å². The monoisotopic (exact) mass is 305 g/mol. The van der Waals surface area contributed by atoms with E-state index >= 15 is 0 Å². The second-order valence-electron chi connectivity index (χ2n) is 5.36. The van der Waals surface area contributed by atoms with Crippen LogP contribution < -0.4 is 15.0 Å². The molecule has 0 fully saturated rings. The molecule has 0 radical (unpaired) electrons. The maximum Gasteiger partial charge on any atom is 0.280 e. The van der Waals surface area contributed by atoms with Crippen LogP contribution in [0.25, 0.3) is 27.5 Å². The number of nitrogens with zero attached hydrogens (tertiary/aromatic N) is 2. The van der Waals surface area contributed by atoms with Crippen molar-refractivity contribution in [1.29, 1.82) is 0 Å². The lowest BCUT2D eigenvalue weighted by Gasteiger charge is -2.01. The zero-order valence-corrected chi connectivity index (χ0v) is 11.9. The summed E-state index contributed by atoms with van der Waals surface area (Å²) in [6.07, 6.45) is 1.60. The second-order valence-corrected chi connectivity index (χ2v) is 5.36. The van der Waals surface area contributed by atoms with Gasteiger partial charge in [0.2, 0.25) is 6.79 Å². The van der Waals surface area contributed by atoms with E-state index in [1.165, 1.54) is 4.68 Å². The fourth-order valence-electron chi connectivity index (χ4n) is 2.91. The zero-order valence-electron chi connectivity index (χ0n) is 11.9. The van der Waals surface area contributed by atoms with E-state index in [9.17, 15) is 4.79 Å². The van der Waals surface area contributed by atoms with Crippen molar-refractivity contribution in [1.82, 2.24) is 14.8 Å². The number of fused-ring (bicyclic) bond motifs is 4. The summed E-state index contributed by atoms with van der Waals surface area (Å²) in [5.41, 5.74) is 2.14. The van der Waals surface area contributed by atoms with Crippen LogP contribution >= 0.6 is 0 Å². The molecule has 0 saturated carbocycles. The predicted molar refractivity (Wildman–Crippen MR) is 85.3 cm³/mol. The highest BCUT2D eigenvalue weighted by molar-refractivity contribution is 6.04. The van der Waals surface area contributed by atoms with E-state index in [-0.39, 0.29) is 12.4 Å². The molecule has 0 aliphatic carbocycles. The molecule has 1 aliphatic rings. The summed E-state index contributed by atoms with van der Waals surface area (Å²) >= 11 is 0. The highest BCUT2D eigenvalue weighted by Gasteiger charge is 2.18. The molecule has 4 aromatic rings. The number of pyridine rings is 1. The fourth-order valence-corrected chi connectivity index (χ4v) is 2.91. The van der Waals surface area contributed by atoms with Gasteiger partial charge in [-0.05, 0) is 18.2 Å². The molecule has 23 heavy (non-hydrogen) atoms. The van der Waals surface area contributed by atoms with Crippen LogP contribution in [0.4, 0.5) is 0 Å². The minimum atomic E-state index is -0.127. The Morgan fingerprint density at radius 3 is 2.65 bits per heavy atom. The van der Waals surface area contributed by atoms with Crippen molar-refractivity contribution in [2.45, 2.75) is 0 Å². The normalized spacial score (nSPS) is 13.0. The van der Waals surface area contributed by atoms with Crippen molar-refractivity contribution in [3.8, 4) is 17.2 Å². The van der Waals surface area contributed by atoms with Gasteiger partial charge in [-0.3, -0.25) is 14.9 Å². The molecule has 6 heteroatoms. The molecule has 6 nitrogen and oxygen atoms in total. The average molecular weight is 305 g/mol. The van der Waals surface area contributed by atoms with E-state index in [1.807, 2.05) is 42.5 Å². The van der Waals surface area contributed by atoms with Crippen LogP contribution in [-0.4, -0.2) is 21.6 Å². The van der Waals surface area contributed by atoms with Gasteiger partial charge in [0.05, 0.1) is 22.1 Å². The maximum absolute atomic E-state index is 12.6. The number of benzene rings is 2. The molecular weight excluding hydrogens is 294 g/mol. The van der Waals surface area contributed by atoms with Gasteiger partial charge >= 0.3 is 0 Å². The topological polar surface area (TPSA) is 69.1 Å². The predicted octanol–water partition coefficient (Wildman–Crippen LogP) is 2.60. The molecule has 0 unspecified atom stereocenters. The second kappa shape index (κ2) is 4.36. The first kappa shape index (κ1) is 12.3. The van der Waals surface area contributed by atoms with Crippen molar-refractivity contribution in [3.63, 3.8) is 0 Å². The smallest absolute Gasteiger partial charge is 0.280 e. The largest absolute Gasteiger partial charge is 0.454 e. The van der Waals surface area contributed by atoms with E-state index in [4.69, 9.17) is 9.47 Å². The summed E-state index contributed by atoms with van der Waals surface area (Å²) in [6.45, 7) is 0.205. The number of nitrogens with one attached hydrogen (secondary N) is 1. The van der Waals surface area contributed by atoms with Crippen molar-refractivity contribution in [3.05, 3.63) is 59.0 Å². The molecule has 0 atom stereocenters. The molecule has 0 amide bonds. The fraction of sp³-hybridized carbons (Fsp3) is 0.0588. The summed E-state index contributed by atoms with van der Waals surface area (Å²) in [7, 11) is 0. The Hall–Kier alpha value is -3.28. The van der Waals surface area contributed by atoms with Gasteiger partial charge in [-0.25, -0.2) is 4.68 Å². The number of rotatable bonds is 1. The number of hydrogen-bond acceptors (Lipinski definition) is 4. The van der Waals surface area contributed by atoms with Gasteiger partial charge in [-0.2, -0.15) is 0 Å². The molecule has 0 bridgehead atoms. The van der Waals surface area contributed by atoms with Crippen LogP contribution in [0.2, 0.25) is 0 Å². The molecule has 0 saturated heterocycles. The first-order chi connectivity index (χ1) is 11.3. The SMILES string of the molecule is O=c1c2cnc3cc4c(cc3c2[nH]n1-c1ccccc1)OCO4. The van der Waals surface area contributed by atoms with Crippen LogP contribution in [0.15, 0.2) is 53.5 Å². The van der Waals surface area contributed by atoms with Gasteiger partial charge in [-0.1, -0.05) is 18.2 Å². The Bertz CT molecular complexity index is 1110. The van der Waals surface area contributed by atoms with E-state index in [0.717, 1.165) is 22.1 Å². The van der Waals surface area contributed by atoms with Gasteiger partial charge in [0.1, 0.15) is 0 Å². The number of aromatic amines is 1. The van der Waals surface area contributed by atoms with E-state index < -0.39 is 0 Å². The number of para-hydroxylation sites is 1. The van der Waals surface area contributed by atoms with Crippen molar-refractivity contribution < 1.29 is 9.47 Å². The summed E-state index contributed by atoms with van der Waals surface area (Å²) in [6, 6.07) is 13.1. The summed E-state index contributed by atoms with van der Waals surface area (Å²) < 4.78 is 12.3. The minimum absolute atomic E-state index is 0.127. The third-order valence-electron chi connectivity index (χ3n) is 4.03. The highest BCUT2D eigenvalue weighted by Crippen LogP contribution is 2.37. The third kappa shape index (κ3) is 1.69. The first-order valence-corrected chi connectivity index (χ1v) is 7.20. The van der Waals surface area contributed by atoms with Crippen molar-refractivity contribution in [2.24, 2.45) is 0 Å². The Morgan fingerprint density at radius 1 is 1.04 bits per heavy atom. The Morgan fingerprint density at radius 2 is 1.83 bits per heavy atom. The number of aromatic nitrogens is 3. The van der Waals surface area contributed by atoms with Crippen molar-refractivity contribution in [2.75, 3.05) is 6.79 Å². The molecular formula is C17H11N3O3. The lowest BCUT2D eigenvalue weighted by molar-refractivity contribution is 0.174. The van der Waals surface area contributed by atoms with E-state index in [0.29, 0.717) is 16.9 Å². The quantitative estimate of drug-likeness (QED) is 0.587. The lowest BCUT2D eigenvalue weighted by atomic mass is 10.1. The third-order valence-corrected chi connectivity index (χ3v) is 4.03. The van der Waals surface area contributed by atoms with Gasteiger partial charge in [-0.15, -0.1) is 0 Å². The van der Waals surface area contributed by atoms with Gasteiger partial charge in [0.15, 0.2) is 11.5 Å². The van der Waals surface area contributed by atoms with E-state index in [1.54, 1.807) is 6.20 Å². The van der Waals surface area contributed by atoms with Crippen LogP contribution in [0, 0.1) is 0 Å². The van der Waals surface area contributed by atoms with Crippen molar-refractivity contribution >= 4 is 21.8 Å².